The number of rotatable bonds is 6. The summed E-state index contributed by atoms with van der Waals surface area (Å²) in [6, 6.07) is 15.5. The lowest BCUT2D eigenvalue weighted by Crippen LogP contribution is -2.39. The van der Waals surface area contributed by atoms with Crippen LogP contribution in [-0.4, -0.2) is 41.7 Å². The Morgan fingerprint density at radius 1 is 1.07 bits per heavy atom. The molecule has 2 aromatic carbocycles. The number of nitrogens with one attached hydrogen (secondary N) is 2. The van der Waals surface area contributed by atoms with Gasteiger partial charge in [0.1, 0.15) is 12.4 Å². The predicted molar refractivity (Wildman–Crippen MR) is 122 cm³/mol. The third-order valence-electron chi connectivity index (χ3n) is 4.93. The minimum Gasteiger partial charge on any atom is -0.491 e. The second kappa shape index (κ2) is 10.3. The van der Waals surface area contributed by atoms with Crippen molar-refractivity contribution in [3.63, 3.8) is 0 Å². The van der Waals surface area contributed by atoms with Gasteiger partial charge in [0.25, 0.3) is 5.91 Å². The average molecular weight is 412 g/mol. The van der Waals surface area contributed by atoms with Crippen LogP contribution in [0.2, 0.25) is 0 Å². The molecule has 1 fully saturated rings. The number of carbonyl (C=O) groups is 1. The third kappa shape index (κ3) is 6.46. The molecule has 0 bridgehead atoms. The molecule has 1 aliphatic heterocycles. The summed E-state index contributed by atoms with van der Waals surface area (Å²) in [4.78, 5) is 14.5. The summed E-state index contributed by atoms with van der Waals surface area (Å²) in [5.74, 6) is 0.955. The van der Waals surface area contributed by atoms with E-state index in [0.717, 1.165) is 42.9 Å². The number of amides is 1. The van der Waals surface area contributed by atoms with Crippen LogP contribution in [0.1, 0.15) is 42.1 Å². The van der Waals surface area contributed by atoms with Gasteiger partial charge in [0.05, 0.1) is 6.04 Å². The number of benzene rings is 2. The Labute approximate surface area is 178 Å². The highest BCUT2D eigenvalue weighted by Gasteiger charge is 2.17. The zero-order valence-corrected chi connectivity index (χ0v) is 17.9. The lowest BCUT2D eigenvalue weighted by molar-refractivity contribution is 0.0724. The van der Waals surface area contributed by atoms with Crippen molar-refractivity contribution >= 4 is 28.9 Å². The van der Waals surface area contributed by atoms with Crippen LogP contribution in [0.3, 0.4) is 0 Å². The van der Waals surface area contributed by atoms with E-state index in [1.165, 1.54) is 12.0 Å². The first-order chi connectivity index (χ1) is 14.0. The van der Waals surface area contributed by atoms with E-state index >= 15 is 0 Å². The smallest absolute Gasteiger partial charge is 0.253 e. The second-order valence-corrected chi connectivity index (χ2v) is 7.96. The highest BCUT2D eigenvalue weighted by molar-refractivity contribution is 7.80. The number of hydrogen-bond acceptors (Lipinski definition) is 3. The van der Waals surface area contributed by atoms with E-state index in [4.69, 9.17) is 17.0 Å². The molecule has 2 N–H and O–H groups in total. The van der Waals surface area contributed by atoms with E-state index in [9.17, 15) is 4.79 Å². The summed E-state index contributed by atoms with van der Waals surface area (Å²) in [5, 5.41) is 6.91. The molecular formula is C23H29N3O2S. The number of likely N-dealkylation sites (tertiary alicyclic amines) is 1. The number of thiocarbonyl (C=S) groups is 1. The molecule has 154 valence electrons. The molecule has 5 nitrogen and oxygen atoms in total. The Kier molecular flexibility index (Phi) is 7.47. The van der Waals surface area contributed by atoms with Gasteiger partial charge in [-0.3, -0.25) is 4.79 Å². The topological polar surface area (TPSA) is 53.6 Å². The highest BCUT2D eigenvalue weighted by atomic mass is 32.1. The van der Waals surface area contributed by atoms with Gasteiger partial charge in [-0.2, -0.15) is 0 Å². The maximum absolute atomic E-state index is 12.5. The van der Waals surface area contributed by atoms with Crippen LogP contribution in [0.4, 0.5) is 5.69 Å². The Morgan fingerprint density at radius 2 is 1.72 bits per heavy atom. The van der Waals surface area contributed by atoms with Crippen LogP contribution < -0.4 is 15.4 Å². The largest absolute Gasteiger partial charge is 0.491 e. The Balaban J connectivity index is 1.44. The van der Waals surface area contributed by atoms with Gasteiger partial charge in [0.2, 0.25) is 0 Å². The van der Waals surface area contributed by atoms with E-state index in [-0.39, 0.29) is 11.9 Å². The van der Waals surface area contributed by atoms with Gasteiger partial charge < -0.3 is 20.3 Å². The maximum atomic E-state index is 12.5. The molecule has 1 saturated heterocycles. The fraction of sp³-hybridized carbons (Fsp3) is 0.391. The quantitative estimate of drug-likeness (QED) is 0.691. The van der Waals surface area contributed by atoms with Crippen LogP contribution in [0.15, 0.2) is 48.5 Å². The molecule has 29 heavy (non-hydrogen) atoms. The van der Waals surface area contributed by atoms with Crippen molar-refractivity contribution in [3.8, 4) is 5.75 Å². The lowest BCUT2D eigenvalue weighted by atomic mass is 10.1. The first-order valence-electron chi connectivity index (χ1n) is 10.2. The second-order valence-electron chi connectivity index (χ2n) is 7.55. The number of nitrogens with zero attached hydrogens (tertiary/aromatic N) is 1. The number of carbonyl (C=O) groups excluding carboxylic acids is 1. The van der Waals surface area contributed by atoms with Crippen molar-refractivity contribution < 1.29 is 9.53 Å². The molecule has 0 aliphatic carbocycles. The standard InChI is InChI=1S/C23H29N3O2S/c1-17-6-12-21(13-7-17)28-16-18(2)24-23(29)25-20-10-8-19(9-11-20)22(27)26-14-4-3-5-15-26/h6-13,18H,3-5,14-16H2,1-2H3,(H2,24,25,29). The van der Waals surface area contributed by atoms with Crippen molar-refractivity contribution in [1.29, 1.82) is 0 Å². The number of anilines is 1. The highest BCUT2D eigenvalue weighted by Crippen LogP contribution is 2.16. The molecule has 2 aromatic rings. The maximum Gasteiger partial charge on any atom is 0.253 e. The van der Waals surface area contributed by atoms with Crippen molar-refractivity contribution in [3.05, 3.63) is 59.7 Å². The van der Waals surface area contributed by atoms with E-state index in [1.807, 2.05) is 67.3 Å². The summed E-state index contributed by atoms with van der Waals surface area (Å²) in [6.45, 7) is 6.29. The number of ether oxygens (including phenoxy) is 1. The Morgan fingerprint density at radius 3 is 2.38 bits per heavy atom. The minimum absolute atomic E-state index is 0.0521. The van der Waals surface area contributed by atoms with Gasteiger partial charge in [-0.25, -0.2) is 0 Å². The summed E-state index contributed by atoms with van der Waals surface area (Å²) in [6.07, 6.45) is 3.40. The zero-order chi connectivity index (χ0) is 20.6. The van der Waals surface area contributed by atoms with Crippen LogP contribution in [0.25, 0.3) is 0 Å². The molecule has 3 rings (SSSR count). The summed E-state index contributed by atoms with van der Waals surface area (Å²) in [7, 11) is 0. The van der Waals surface area contributed by atoms with Crippen molar-refractivity contribution in [2.45, 2.75) is 39.2 Å². The molecule has 0 aromatic heterocycles. The molecule has 1 amide bonds. The molecule has 6 heteroatoms. The van der Waals surface area contributed by atoms with Crippen molar-refractivity contribution in [2.24, 2.45) is 0 Å². The third-order valence-corrected chi connectivity index (χ3v) is 5.15. The number of hydrogen-bond donors (Lipinski definition) is 2. The molecule has 1 unspecified atom stereocenters. The SMILES string of the molecule is Cc1ccc(OCC(C)NC(=S)Nc2ccc(C(=O)N3CCCCC3)cc2)cc1. The molecule has 1 aliphatic rings. The van der Waals surface area contributed by atoms with Crippen LogP contribution >= 0.6 is 12.2 Å². The van der Waals surface area contributed by atoms with E-state index in [0.29, 0.717) is 11.7 Å². The summed E-state index contributed by atoms with van der Waals surface area (Å²) in [5.41, 5.74) is 2.78. The van der Waals surface area contributed by atoms with Gasteiger partial charge >= 0.3 is 0 Å². The van der Waals surface area contributed by atoms with Gasteiger partial charge in [-0.05, 0) is 81.7 Å². The zero-order valence-electron chi connectivity index (χ0n) is 17.1. The molecule has 0 radical (unpaired) electrons. The van der Waals surface area contributed by atoms with Gasteiger partial charge in [0.15, 0.2) is 5.11 Å². The normalized spacial score (nSPS) is 14.8. The first-order valence-corrected chi connectivity index (χ1v) is 10.6. The molecule has 1 heterocycles. The monoisotopic (exact) mass is 411 g/mol. The number of aryl methyl sites for hydroxylation is 1. The summed E-state index contributed by atoms with van der Waals surface area (Å²) < 4.78 is 5.78. The van der Waals surface area contributed by atoms with Gasteiger partial charge in [-0.15, -0.1) is 0 Å². The molecular weight excluding hydrogens is 382 g/mol. The molecule has 0 spiro atoms. The number of piperidine rings is 1. The van der Waals surface area contributed by atoms with Crippen molar-refractivity contribution in [1.82, 2.24) is 10.2 Å². The molecule has 1 atom stereocenters. The fourth-order valence-corrected chi connectivity index (χ4v) is 3.58. The minimum atomic E-state index is 0.0521. The van der Waals surface area contributed by atoms with E-state index < -0.39 is 0 Å². The van der Waals surface area contributed by atoms with Gasteiger partial charge in [0, 0.05) is 24.3 Å². The fourth-order valence-electron chi connectivity index (χ4n) is 3.26. The predicted octanol–water partition coefficient (Wildman–Crippen LogP) is 4.38. The lowest BCUT2D eigenvalue weighted by Gasteiger charge is -2.26. The van der Waals surface area contributed by atoms with E-state index in [1.54, 1.807) is 0 Å². The van der Waals surface area contributed by atoms with Crippen LogP contribution in [0, 0.1) is 6.92 Å². The van der Waals surface area contributed by atoms with E-state index in [2.05, 4.69) is 10.6 Å². The summed E-state index contributed by atoms with van der Waals surface area (Å²) >= 11 is 5.39. The Bertz CT molecular complexity index is 815. The van der Waals surface area contributed by atoms with Crippen LogP contribution in [-0.2, 0) is 0 Å². The van der Waals surface area contributed by atoms with Crippen molar-refractivity contribution in [2.75, 3.05) is 25.0 Å². The molecule has 0 saturated carbocycles. The van der Waals surface area contributed by atoms with Gasteiger partial charge in [-0.1, -0.05) is 17.7 Å². The first kappa shape index (κ1) is 21.1. The van der Waals surface area contributed by atoms with Crippen LogP contribution in [0.5, 0.6) is 5.75 Å². The Hall–Kier alpha value is -2.60. The average Bonchev–Trinajstić information content (AvgIpc) is 2.74.